The van der Waals surface area contributed by atoms with Crippen molar-refractivity contribution in [2.24, 2.45) is 0 Å². The number of hydrogen-bond donors (Lipinski definition) is 1. The van der Waals surface area contributed by atoms with E-state index in [1.165, 1.54) is 10.7 Å². The van der Waals surface area contributed by atoms with Crippen LogP contribution < -0.4 is 5.32 Å². The van der Waals surface area contributed by atoms with E-state index in [1.807, 2.05) is 36.5 Å². The van der Waals surface area contributed by atoms with E-state index in [4.69, 9.17) is 0 Å². The molecule has 1 aromatic carbocycles. The van der Waals surface area contributed by atoms with E-state index >= 15 is 0 Å². The highest BCUT2D eigenvalue weighted by Crippen LogP contribution is 2.31. The second-order valence-corrected chi connectivity index (χ2v) is 7.49. The van der Waals surface area contributed by atoms with Crippen LogP contribution in [0.4, 0.5) is 11.6 Å². The lowest BCUT2D eigenvalue weighted by molar-refractivity contribution is -0.389. The normalized spacial score (nSPS) is 14.2. The molecule has 10 heteroatoms. The maximum absolute atomic E-state index is 12.9. The number of aromatic nitrogens is 5. The summed E-state index contributed by atoms with van der Waals surface area (Å²) in [4.78, 5) is 32.5. The van der Waals surface area contributed by atoms with Gasteiger partial charge in [-0.15, -0.1) is 0 Å². The number of rotatable bonds is 5. The van der Waals surface area contributed by atoms with Crippen molar-refractivity contribution in [1.29, 1.82) is 0 Å². The van der Waals surface area contributed by atoms with Gasteiger partial charge in [0.2, 0.25) is 5.78 Å². The van der Waals surface area contributed by atoms with Gasteiger partial charge in [0.25, 0.3) is 5.91 Å². The molecule has 0 aliphatic heterocycles. The van der Waals surface area contributed by atoms with Crippen molar-refractivity contribution in [3.05, 3.63) is 70.7 Å². The molecule has 10 nitrogen and oxygen atoms in total. The Morgan fingerprint density at radius 2 is 1.90 bits per heavy atom. The summed E-state index contributed by atoms with van der Waals surface area (Å²) in [6.07, 6.45) is 7.34. The smallest absolute Gasteiger partial charge is 0.358 e. The minimum atomic E-state index is -0.581. The molecule has 1 aliphatic rings. The lowest BCUT2D eigenvalue weighted by Crippen LogP contribution is -2.20. The lowest BCUT2D eigenvalue weighted by Gasteiger charge is -2.09. The Bertz CT molecular complexity index is 1270. The maximum atomic E-state index is 12.9. The number of hydrogen-bond acceptors (Lipinski definition) is 6. The van der Waals surface area contributed by atoms with E-state index in [-0.39, 0.29) is 17.6 Å². The average molecular weight is 417 g/mol. The van der Waals surface area contributed by atoms with Crippen molar-refractivity contribution in [2.75, 3.05) is 5.32 Å². The third-order valence-corrected chi connectivity index (χ3v) is 5.45. The zero-order chi connectivity index (χ0) is 21.4. The Hall–Kier alpha value is -4.08. The van der Waals surface area contributed by atoms with E-state index in [0.717, 1.165) is 36.9 Å². The number of nitro groups is 1. The molecule has 1 amide bonds. The summed E-state index contributed by atoms with van der Waals surface area (Å²) in [6.45, 7) is 0. The number of fused-ring (bicyclic) bond motifs is 1. The van der Waals surface area contributed by atoms with E-state index in [9.17, 15) is 14.9 Å². The van der Waals surface area contributed by atoms with Crippen molar-refractivity contribution in [2.45, 2.75) is 31.7 Å². The Balaban J connectivity index is 1.43. The number of nitrogens with zero attached hydrogens (tertiary/aromatic N) is 6. The summed E-state index contributed by atoms with van der Waals surface area (Å²) < 4.78 is 3.26. The lowest BCUT2D eigenvalue weighted by atomic mass is 10.2. The summed E-state index contributed by atoms with van der Waals surface area (Å²) in [5.41, 5.74) is 1.89. The number of carbonyl (C=O) groups excluding carboxylic acids is 1. The molecule has 31 heavy (non-hydrogen) atoms. The first-order chi connectivity index (χ1) is 15.1. The summed E-state index contributed by atoms with van der Waals surface area (Å²) in [7, 11) is 0. The molecular weight excluding hydrogens is 398 g/mol. The monoisotopic (exact) mass is 417 g/mol. The highest BCUT2D eigenvalue weighted by Gasteiger charge is 2.30. The Morgan fingerprint density at radius 1 is 1.13 bits per heavy atom. The summed E-state index contributed by atoms with van der Waals surface area (Å²) in [6, 6.07) is 12.6. The van der Waals surface area contributed by atoms with E-state index in [0.29, 0.717) is 11.6 Å². The molecule has 156 valence electrons. The van der Waals surface area contributed by atoms with Gasteiger partial charge in [-0.3, -0.25) is 9.20 Å². The van der Waals surface area contributed by atoms with Crippen LogP contribution >= 0.6 is 0 Å². The predicted molar refractivity (Wildman–Crippen MR) is 113 cm³/mol. The standard InChI is InChI=1S/C21H19N7O3/c29-20(17-12-19(28(30)31)25-27(17)15-8-4-5-9-15)23-18-10-11-26-13-16(22-21(26)24-18)14-6-2-1-3-7-14/h1-3,6-7,10-13,15H,4-5,8-9H2,(H,22,23,24,29). The number of imidazole rings is 1. The highest BCUT2D eigenvalue weighted by atomic mass is 16.6. The van der Waals surface area contributed by atoms with Crippen molar-refractivity contribution in [1.82, 2.24) is 24.1 Å². The molecule has 0 saturated heterocycles. The molecule has 5 rings (SSSR count). The third-order valence-electron chi connectivity index (χ3n) is 5.45. The second kappa shape index (κ2) is 7.63. The van der Waals surface area contributed by atoms with Crippen molar-refractivity contribution >= 4 is 23.3 Å². The molecule has 0 atom stereocenters. The van der Waals surface area contributed by atoms with Crippen LogP contribution in [0.1, 0.15) is 42.2 Å². The quantitative estimate of drug-likeness (QED) is 0.389. The molecule has 1 fully saturated rings. The van der Waals surface area contributed by atoms with Gasteiger partial charge in [-0.2, -0.15) is 9.67 Å². The van der Waals surface area contributed by atoms with Gasteiger partial charge in [0.15, 0.2) is 5.69 Å². The Kier molecular flexibility index (Phi) is 4.66. The van der Waals surface area contributed by atoms with Gasteiger partial charge in [0, 0.05) is 18.0 Å². The van der Waals surface area contributed by atoms with Crippen molar-refractivity contribution in [3.8, 4) is 11.3 Å². The van der Waals surface area contributed by atoms with E-state index in [2.05, 4.69) is 20.4 Å². The molecule has 1 aliphatic carbocycles. The van der Waals surface area contributed by atoms with Crippen LogP contribution in [0.15, 0.2) is 54.9 Å². The Morgan fingerprint density at radius 3 is 2.65 bits per heavy atom. The average Bonchev–Trinajstić information content (AvgIpc) is 3.52. The van der Waals surface area contributed by atoms with Crippen molar-refractivity contribution < 1.29 is 9.72 Å². The van der Waals surface area contributed by atoms with Crippen LogP contribution in [0, 0.1) is 10.1 Å². The fraction of sp³-hybridized carbons (Fsp3) is 0.238. The number of anilines is 1. The van der Waals surface area contributed by atoms with Crippen LogP contribution in [0.2, 0.25) is 0 Å². The molecule has 3 aromatic heterocycles. The summed E-state index contributed by atoms with van der Waals surface area (Å²) in [5, 5.41) is 18.0. The van der Waals surface area contributed by atoms with Crippen LogP contribution in [-0.4, -0.2) is 35.0 Å². The van der Waals surface area contributed by atoms with E-state index in [1.54, 1.807) is 16.7 Å². The maximum Gasteiger partial charge on any atom is 0.390 e. The van der Waals surface area contributed by atoms with Crippen LogP contribution in [0.5, 0.6) is 0 Å². The first-order valence-electron chi connectivity index (χ1n) is 10.0. The zero-order valence-corrected chi connectivity index (χ0v) is 16.5. The largest absolute Gasteiger partial charge is 0.390 e. The summed E-state index contributed by atoms with van der Waals surface area (Å²) in [5.74, 6) is -0.0723. The number of benzene rings is 1. The fourth-order valence-electron chi connectivity index (χ4n) is 3.94. The molecular formula is C21H19N7O3. The van der Waals surface area contributed by atoms with Gasteiger partial charge < -0.3 is 15.4 Å². The van der Waals surface area contributed by atoms with Crippen LogP contribution in [0.25, 0.3) is 17.0 Å². The van der Waals surface area contributed by atoms with Gasteiger partial charge in [0.1, 0.15) is 5.82 Å². The molecule has 0 bridgehead atoms. The predicted octanol–water partition coefficient (Wildman–Crippen LogP) is 3.87. The van der Waals surface area contributed by atoms with Gasteiger partial charge in [-0.1, -0.05) is 43.2 Å². The summed E-state index contributed by atoms with van der Waals surface area (Å²) >= 11 is 0. The van der Waals surface area contributed by atoms with Gasteiger partial charge >= 0.3 is 5.82 Å². The van der Waals surface area contributed by atoms with Crippen molar-refractivity contribution in [3.63, 3.8) is 0 Å². The second-order valence-electron chi connectivity index (χ2n) is 7.49. The van der Waals surface area contributed by atoms with Crippen LogP contribution in [0.3, 0.4) is 0 Å². The van der Waals surface area contributed by atoms with Gasteiger partial charge in [-0.25, -0.2) is 4.98 Å². The molecule has 4 aromatic rings. The van der Waals surface area contributed by atoms with Crippen LogP contribution in [-0.2, 0) is 0 Å². The molecule has 1 N–H and O–H groups in total. The molecule has 3 heterocycles. The van der Waals surface area contributed by atoms with Gasteiger partial charge in [0.05, 0.1) is 22.9 Å². The molecule has 0 spiro atoms. The number of amides is 1. The Labute approximate surface area is 176 Å². The van der Waals surface area contributed by atoms with Gasteiger partial charge in [-0.05, 0) is 23.8 Å². The minimum absolute atomic E-state index is 0.00869. The topological polar surface area (TPSA) is 120 Å². The SMILES string of the molecule is O=C(Nc1ccn2cc(-c3ccccc3)nc2n1)c1cc([N+](=O)[O-])nn1C1CCCC1. The first-order valence-corrected chi connectivity index (χ1v) is 10.0. The first kappa shape index (κ1) is 18.9. The highest BCUT2D eigenvalue weighted by molar-refractivity contribution is 6.03. The number of nitrogens with one attached hydrogen (secondary N) is 1. The minimum Gasteiger partial charge on any atom is -0.358 e. The number of carbonyl (C=O) groups is 1. The molecule has 0 radical (unpaired) electrons. The fourth-order valence-corrected chi connectivity index (χ4v) is 3.94. The van der Waals surface area contributed by atoms with E-state index < -0.39 is 10.8 Å². The third kappa shape index (κ3) is 3.63. The zero-order valence-electron chi connectivity index (χ0n) is 16.5. The molecule has 0 unspecified atom stereocenters. The molecule has 1 saturated carbocycles.